The Kier molecular flexibility index (Phi) is 5.26. The molecule has 1 fully saturated rings. The fourth-order valence-electron chi connectivity index (χ4n) is 3.00. The quantitative estimate of drug-likeness (QED) is 0.493. The van der Waals surface area contributed by atoms with Crippen molar-refractivity contribution in [2.45, 2.75) is 18.9 Å². The summed E-state index contributed by atoms with van der Waals surface area (Å²) in [6.07, 6.45) is 5.24. The van der Waals surface area contributed by atoms with Crippen LogP contribution in [0.25, 0.3) is 0 Å². The van der Waals surface area contributed by atoms with Gasteiger partial charge >= 0.3 is 5.97 Å². The lowest BCUT2D eigenvalue weighted by Crippen LogP contribution is -2.43. The molecular weight excluding hydrogens is 338 g/mol. The van der Waals surface area contributed by atoms with Gasteiger partial charge in [-0.1, -0.05) is 0 Å². The molecule has 0 bridgehead atoms. The van der Waals surface area contributed by atoms with E-state index in [-0.39, 0.29) is 17.3 Å². The highest BCUT2D eigenvalue weighted by atomic mass is 16.6. The van der Waals surface area contributed by atoms with E-state index in [1.165, 1.54) is 19.2 Å². The molecule has 2 heterocycles. The summed E-state index contributed by atoms with van der Waals surface area (Å²) in [5, 5.41) is 14.3. The lowest BCUT2D eigenvalue weighted by atomic mass is 10.0. The first kappa shape index (κ1) is 17.6. The van der Waals surface area contributed by atoms with Gasteiger partial charge in [-0.2, -0.15) is 0 Å². The minimum atomic E-state index is -0.616. The summed E-state index contributed by atoms with van der Waals surface area (Å²) in [5.41, 5.74) is 0.511. The second kappa shape index (κ2) is 7.77. The van der Waals surface area contributed by atoms with Crippen LogP contribution in [0.15, 0.2) is 36.7 Å². The van der Waals surface area contributed by atoms with E-state index in [9.17, 15) is 14.9 Å². The predicted octanol–water partition coefficient (Wildman–Crippen LogP) is 2.25. The Morgan fingerprint density at radius 3 is 2.85 bits per heavy atom. The van der Waals surface area contributed by atoms with Gasteiger partial charge in [0, 0.05) is 49.3 Å². The Labute approximate surface area is 150 Å². The summed E-state index contributed by atoms with van der Waals surface area (Å²) in [5.74, 6) is 0.0474. The van der Waals surface area contributed by atoms with Crippen LogP contribution >= 0.6 is 0 Å². The molecule has 0 radical (unpaired) electrons. The molecule has 1 N–H and O–H groups in total. The fraction of sp³-hybridized carbons (Fsp3) is 0.353. The number of rotatable bonds is 5. The predicted molar refractivity (Wildman–Crippen MR) is 95.3 cm³/mol. The lowest BCUT2D eigenvalue weighted by Gasteiger charge is -2.33. The van der Waals surface area contributed by atoms with E-state index in [4.69, 9.17) is 4.74 Å². The molecule has 9 nitrogen and oxygen atoms in total. The molecule has 0 saturated carbocycles. The molecule has 1 aromatic carbocycles. The van der Waals surface area contributed by atoms with Crippen molar-refractivity contribution in [1.82, 2.24) is 9.97 Å². The van der Waals surface area contributed by atoms with E-state index in [0.717, 1.165) is 19.4 Å². The topological polar surface area (TPSA) is 110 Å². The van der Waals surface area contributed by atoms with Crippen LogP contribution in [0.1, 0.15) is 23.2 Å². The average Bonchev–Trinajstić information content (AvgIpc) is 2.68. The third-order valence-corrected chi connectivity index (χ3v) is 4.24. The first-order chi connectivity index (χ1) is 12.6. The molecule has 0 spiro atoms. The van der Waals surface area contributed by atoms with E-state index in [0.29, 0.717) is 18.2 Å². The Bertz CT molecular complexity index is 799. The maximum Gasteiger partial charge on any atom is 0.340 e. The molecule has 9 heteroatoms. The molecule has 3 rings (SSSR count). The number of hydrogen-bond acceptors (Lipinski definition) is 8. The third-order valence-electron chi connectivity index (χ3n) is 4.24. The van der Waals surface area contributed by atoms with Crippen molar-refractivity contribution >= 4 is 23.3 Å². The smallest absolute Gasteiger partial charge is 0.340 e. The number of nitrogens with one attached hydrogen (secondary N) is 1. The van der Waals surface area contributed by atoms with Crippen molar-refractivity contribution in [2.24, 2.45) is 0 Å². The van der Waals surface area contributed by atoms with E-state index >= 15 is 0 Å². The molecule has 1 atom stereocenters. The number of piperidine rings is 1. The van der Waals surface area contributed by atoms with Gasteiger partial charge in [0.05, 0.1) is 17.6 Å². The Hall–Kier alpha value is -3.23. The van der Waals surface area contributed by atoms with Crippen molar-refractivity contribution in [2.75, 3.05) is 30.4 Å². The van der Waals surface area contributed by atoms with Gasteiger partial charge in [0.25, 0.3) is 5.69 Å². The van der Waals surface area contributed by atoms with Crippen molar-refractivity contribution < 1.29 is 14.5 Å². The third kappa shape index (κ3) is 3.88. The second-order valence-electron chi connectivity index (χ2n) is 5.96. The number of carbonyl (C=O) groups excluding carboxylic acids is 1. The number of nitro benzene ring substituents is 1. The Morgan fingerprint density at radius 1 is 1.38 bits per heavy atom. The number of hydrogen-bond donors (Lipinski definition) is 1. The van der Waals surface area contributed by atoms with Crippen LogP contribution in [-0.4, -0.2) is 47.1 Å². The van der Waals surface area contributed by atoms with Crippen LogP contribution < -0.4 is 10.2 Å². The van der Waals surface area contributed by atoms with Gasteiger partial charge in [0.1, 0.15) is 0 Å². The van der Waals surface area contributed by atoms with Gasteiger partial charge in [0.15, 0.2) is 0 Å². The Morgan fingerprint density at radius 2 is 2.15 bits per heavy atom. The summed E-state index contributed by atoms with van der Waals surface area (Å²) in [6.45, 7) is 1.52. The number of methoxy groups -OCH3 is 1. The van der Waals surface area contributed by atoms with Crippen LogP contribution in [0.3, 0.4) is 0 Å². The largest absolute Gasteiger partial charge is 0.465 e. The van der Waals surface area contributed by atoms with Crippen molar-refractivity contribution in [3.8, 4) is 0 Å². The Balaban J connectivity index is 1.79. The summed E-state index contributed by atoms with van der Waals surface area (Å²) in [7, 11) is 1.25. The molecule has 0 aliphatic carbocycles. The summed E-state index contributed by atoms with van der Waals surface area (Å²) in [4.78, 5) is 33.1. The van der Waals surface area contributed by atoms with Gasteiger partial charge in [-0.15, -0.1) is 0 Å². The molecule has 1 aromatic heterocycles. The van der Waals surface area contributed by atoms with Gasteiger partial charge in [-0.05, 0) is 25.0 Å². The van der Waals surface area contributed by atoms with Crippen LogP contribution in [0, 0.1) is 10.1 Å². The molecule has 1 aliphatic heterocycles. The van der Waals surface area contributed by atoms with E-state index in [2.05, 4.69) is 20.2 Å². The SMILES string of the molecule is COC(=O)c1cc([N+](=O)[O-])ccc1N[C@H]1CCCN(c2ncccn2)C1. The zero-order valence-electron chi connectivity index (χ0n) is 14.3. The van der Waals surface area contributed by atoms with Crippen molar-refractivity contribution in [1.29, 1.82) is 0 Å². The monoisotopic (exact) mass is 357 g/mol. The zero-order chi connectivity index (χ0) is 18.5. The maximum atomic E-state index is 12.0. The number of benzene rings is 1. The molecule has 26 heavy (non-hydrogen) atoms. The van der Waals surface area contributed by atoms with Crippen LogP contribution in [0.5, 0.6) is 0 Å². The molecule has 136 valence electrons. The van der Waals surface area contributed by atoms with Crippen LogP contribution in [0.4, 0.5) is 17.3 Å². The standard InChI is InChI=1S/C17H19N5O4/c1-26-16(23)14-10-13(22(24)25)5-6-15(14)20-12-4-2-9-21(11-12)17-18-7-3-8-19-17/h3,5-8,10,12,20H,2,4,9,11H2,1H3/t12-/m0/s1. The number of anilines is 2. The summed E-state index contributed by atoms with van der Waals surface area (Å²) in [6, 6.07) is 5.97. The lowest BCUT2D eigenvalue weighted by molar-refractivity contribution is -0.384. The highest BCUT2D eigenvalue weighted by molar-refractivity contribution is 5.96. The van der Waals surface area contributed by atoms with E-state index in [1.807, 2.05) is 0 Å². The number of non-ortho nitro benzene ring substituents is 1. The normalized spacial score (nSPS) is 16.8. The maximum absolute atomic E-state index is 12.0. The van der Waals surface area contributed by atoms with E-state index in [1.54, 1.807) is 24.5 Å². The fourth-order valence-corrected chi connectivity index (χ4v) is 3.00. The number of esters is 1. The highest BCUT2D eigenvalue weighted by Crippen LogP contribution is 2.26. The van der Waals surface area contributed by atoms with Crippen molar-refractivity contribution in [3.05, 3.63) is 52.3 Å². The number of ether oxygens (including phenoxy) is 1. The number of nitro groups is 1. The molecule has 1 saturated heterocycles. The minimum absolute atomic E-state index is 0.0532. The van der Waals surface area contributed by atoms with Gasteiger partial charge in [-0.3, -0.25) is 10.1 Å². The van der Waals surface area contributed by atoms with Crippen LogP contribution in [-0.2, 0) is 4.74 Å². The molecule has 1 aliphatic rings. The summed E-state index contributed by atoms with van der Waals surface area (Å²) >= 11 is 0. The molecule has 0 unspecified atom stereocenters. The molecular formula is C17H19N5O4. The second-order valence-corrected chi connectivity index (χ2v) is 5.96. The number of carbonyl (C=O) groups is 1. The van der Waals surface area contributed by atoms with E-state index < -0.39 is 10.9 Å². The number of aromatic nitrogens is 2. The first-order valence-electron chi connectivity index (χ1n) is 8.23. The van der Waals surface area contributed by atoms with Crippen molar-refractivity contribution in [3.63, 3.8) is 0 Å². The van der Waals surface area contributed by atoms with Gasteiger partial charge < -0.3 is 15.0 Å². The highest BCUT2D eigenvalue weighted by Gasteiger charge is 2.24. The minimum Gasteiger partial charge on any atom is -0.465 e. The molecule has 0 amide bonds. The van der Waals surface area contributed by atoms with Gasteiger partial charge in [0.2, 0.25) is 5.95 Å². The number of nitrogens with zero attached hydrogens (tertiary/aromatic N) is 4. The first-order valence-corrected chi connectivity index (χ1v) is 8.23. The summed E-state index contributed by atoms with van der Waals surface area (Å²) < 4.78 is 4.76. The average molecular weight is 357 g/mol. The molecule has 2 aromatic rings. The van der Waals surface area contributed by atoms with Crippen LogP contribution in [0.2, 0.25) is 0 Å². The zero-order valence-corrected chi connectivity index (χ0v) is 14.3. The van der Waals surface area contributed by atoms with Gasteiger partial charge in [-0.25, -0.2) is 14.8 Å².